The van der Waals surface area contributed by atoms with Crippen LogP contribution in [0.4, 0.5) is 4.39 Å². The summed E-state index contributed by atoms with van der Waals surface area (Å²) in [4.78, 5) is 0. The van der Waals surface area contributed by atoms with Gasteiger partial charge in [-0.1, -0.05) is 26.3 Å². The van der Waals surface area contributed by atoms with Crippen molar-refractivity contribution in [3.05, 3.63) is 35.1 Å². The molecular formula is C15H21FO. The molecule has 0 spiro atoms. The summed E-state index contributed by atoms with van der Waals surface area (Å²) in [6, 6.07) is 4.71. The van der Waals surface area contributed by atoms with Crippen molar-refractivity contribution < 1.29 is 9.50 Å². The molecule has 94 valence electrons. The average Bonchev–Trinajstić information content (AvgIpc) is 2.25. The van der Waals surface area contributed by atoms with E-state index in [4.69, 9.17) is 0 Å². The Morgan fingerprint density at radius 1 is 1.35 bits per heavy atom. The topological polar surface area (TPSA) is 20.2 Å². The molecule has 1 aromatic carbocycles. The van der Waals surface area contributed by atoms with Crippen LogP contribution in [-0.2, 0) is 5.60 Å². The first-order valence-corrected chi connectivity index (χ1v) is 6.44. The van der Waals surface area contributed by atoms with Gasteiger partial charge >= 0.3 is 0 Å². The number of rotatable bonds is 1. The van der Waals surface area contributed by atoms with E-state index in [-0.39, 0.29) is 11.7 Å². The summed E-state index contributed by atoms with van der Waals surface area (Å²) < 4.78 is 13.1. The highest BCUT2D eigenvalue weighted by Gasteiger charge is 2.41. The first-order valence-electron chi connectivity index (χ1n) is 6.44. The highest BCUT2D eigenvalue weighted by molar-refractivity contribution is 5.33. The molecule has 0 heterocycles. The Labute approximate surface area is 103 Å². The van der Waals surface area contributed by atoms with Crippen molar-refractivity contribution in [2.24, 2.45) is 11.8 Å². The van der Waals surface area contributed by atoms with Gasteiger partial charge in [-0.25, -0.2) is 4.39 Å². The minimum atomic E-state index is -0.782. The van der Waals surface area contributed by atoms with E-state index in [0.29, 0.717) is 5.92 Å². The number of halogens is 1. The lowest BCUT2D eigenvalue weighted by molar-refractivity contribution is -0.0693. The van der Waals surface area contributed by atoms with Crippen molar-refractivity contribution in [1.82, 2.24) is 0 Å². The molecule has 1 aliphatic carbocycles. The first-order chi connectivity index (χ1) is 7.95. The molecule has 1 fully saturated rings. The fourth-order valence-corrected chi connectivity index (χ4v) is 3.13. The minimum Gasteiger partial charge on any atom is -0.385 e. The molecule has 1 aliphatic rings. The fraction of sp³-hybridized carbons (Fsp3) is 0.600. The van der Waals surface area contributed by atoms with Crippen molar-refractivity contribution >= 4 is 0 Å². The van der Waals surface area contributed by atoms with Gasteiger partial charge in [0.2, 0.25) is 0 Å². The second kappa shape index (κ2) is 4.41. The van der Waals surface area contributed by atoms with Crippen LogP contribution in [0.5, 0.6) is 0 Å². The Balaban J connectivity index is 2.42. The summed E-state index contributed by atoms with van der Waals surface area (Å²) in [6.45, 7) is 6.17. The SMILES string of the molecule is Cc1cc(F)ccc1C1(O)CCCC(C)C1C. The quantitative estimate of drug-likeness (QED) is 0.786. The predicted octanol–water partition coefficient (Wildman–Crippen LogP) is 3.78. The zero-order valence-electron chi connectivity index (χ0n) is 10.8. The summed E-state index contributed by atoms with van der Waals surface area (Å²) in [7, 11) is 0. The van der Waals surface area contributed by atoms with Gasteiger partial charge in [0.15, 0.2) is 0 Å². The molecule has 0 bridgehead atoms. The van der Waals surface area contributed by atoms with Crippen molar-refractivity contribution in [1.29, 1.82) is 0 Å². The molecule has 2 rings (SSSR count). The Hall–Kier alpha value is -0.890. The van der Waals surface area contributed by atoms with E-state index in [1.54, 1.807) is 6.07 Å². The van der Waals surface area contributed by atoms with Crippen LogP contribution in [0.2, 0.25) is 0 Å². The smallest absolute Gasteiger partial charge is 0.123 e. The van der Waals surface area contributed by atoms with Crippen molar-refractivity contribution in [2.45, 2.75) is 45.6 Å². The maximum Gasteiger partial charge on any atom is 0.123 e. The van der Waals surface area contributed by atoms with Gasteiger partial charge in [-0.2, -0.15) is 0 Å². The van der Waals surface area contributed by atoms with Crippen LogP contribution in [0, 0.1) is 24.6 Å². The summed E-state index contributed by atoms with van der Waals surface area (Å²) in [5, 5.41) is 10.9. The zero-order chi connectivity index (χ0) is 12.6. The summed E-state index contributed by atoms with van der Waals surface area (Å²) in [5.41, 5.74) is 0.974. The summed E-state index contributed by atoms with van der Waals surface area (Å²) in [5.74, 6) is 0.505. The van der Waals surface area contributed by atoms with E-state index in [0.717, 1.165) is 24.0 Å². The third-order valence-corrected chi connectivity index (χ3v) is 4.48. The van der Waals surface area contributed by atoms with Gasteiger partial charge in [0.25, 0.3) is 0 Å². The second-order valence-corrected chi connectivity index (χ2v) is 5.54. The van der Waals surface area contributed by atoms with Gasteiger partial charge in [0.05, 0.1) is 5.60 Å². The van der Waals surface area contributed by atoms with Gasteiger partial charge in [-0.15, -0.1) is 0 Å². The third kappa shape index (κ3) is 2.11. The molecule has 3 atom stereocenters. The van der Waals surface area contributed by atoms with Gasteiger partial charge in [-0.3, -0.25) is 0 Å². The van der Waals surface area contributed by atoms with Gasteiger partial charge in [0, 0.05) is 0 Å². The first kappa shape index (κ1) is 12.6. The minimum absolute atomic E-state index is 0.223. The molecule has 0 aromatic heterocycles. The van der Waals surface area contributed by atoms with Crippen LogP contribution in [0.1, 0.15) is 44.2 Å². The Morgan fingerprint density at radius 3 is 2.71 bits per heavy atom. The number of hydrogen-bond donors (Lipinski definition) is 1. The van der Waals surface area contributed by atoms with Crippen LogP contribution in [0.25, 0.3) is 0 Å². The molecule has 0 aliphatic heterocycles. The van der Waals surface area contributed by atoms with Gasteiger partial charge in [0.1, 0.15) is 5.82 Å². The van der Waals surface area contributed by atoms with E-state index in [1.807, 2.05) is 6.92 Å². The molecular weight excluding hydrogens is 215 g/mol. The molecule has 0 radical (unpaired) electrons. The molecule has 1 saturated carbocycles. The van der Waals surface area contributed by atoms with Gasteiger partial charge in [-0.05, 0) is 54.9 Å². The van der Waals surface area contributed by atoms with Crippen LogP contribution >= 0.6 is 0 Å². The highest BCUT2D eigenvalue weighted by Crippen LogP contribution is 2.45. The van der Waals surface area contributed by atoms with Gasteiger partial charge < -0.3 is 5.11 Å². The lowest BCUT2D eigenvalue weighted by Gasteiger charge is -2.43. The molecule has 1 aromatic rings. The van der Waals surface area contributed by atoms with Crippen LogP contribution in [0.15, 0.2) is 18.2 Å². The lowest BCUT2D eigenvalue weighted by atomic mass is 9.67. The summed E-state index contributed by atoms with van der Waals surface area (Å²) >= 11 is 0. The number of hydrogen-bond acceptors (Lipinski definition) is 1. The number of aliphatic hydroxyl groups is 1. The molecule has 1 N–H and O–H groups in total. The normalized spacial score (nSPS) is 33.7. The summed E-state index contributed by atoms with van der Waals surface area (Å²) in [6.07, 6.45) is 2.99. The van der Waals surface area contributed by atoms with E-state index < -0.39 is 5.60 Å². The molecule has 0 amide bonds. The zero-order valence-corrected chi connectivity index (χ0v) is 10.8. The maximum absolute atomic E-state index is 13.1. The van der Waals surface area contributed by atoms with Crippen LogP contribution in [0.3, 0.4) is 0 Å². The van der Waals surface area contributed by atoms with E-state index >= 15 is 0 Å². The molecule has 3 unspecified atom stereocenters. The van der Waals surface area contributed by atoms with Crippen molar-refractivity contribution in [3.8, 4) is 0 Å². The Morgan fingerprint density at radius 2 is 2.06 bits per heavy atom. The molecule has 2 heteroatoms. The maximum atomic E-state index is 13.1. The monoisotopic (exact) mass is 236 g/mol. The number of benzene rings is 1. The van der Waals surface area contributed by atoms with E-state index in [9.17, 15) is 9.50 Å². The largest absolute Gasteiger partial charge is 0.385 e. The fourth-order valence-electron chi connectivity index (χ4n) is 3.13. The number of aryl methyl sites for hydroxylation is 1. The second-order valence-electron chi connectivity index (χ2n) is 5.54. The predicted molar refractivity (Wildman–Crippen MR) is 67.2 cm³/mol. The van der Waals surface area contributed by atoms with Crippen molar-refractivity contribution in [3.63, 3.8) is 0 Å². The van der Waals surface area contributed by atoms with E-state index in [1.165, 1.54) is 18.6 Å². The molecule has 0 saturated heterocycles. The Bertz CT molecular complexity index is 415. The standard InChI is InChI=1S/C15H21FO/c1-10-5-4-8-15(17,12(10)3)14-7-6-13(16)9-11(14)2/h6-7,9-10,12,17H,4-5,8H2,1-3H3. The molecule has 1 nitrogen and oxygen atoms in total. The average molecular weight is 236 g/mol. The van der Waals surface area contributed by atoms with Crippen LogP contribution < -0.4 is 0 Å². The van der Waals surface area contributed by atoms with Crippen molar-refractivity contribution in [2.75, 3.05) is 0 Å². The Kier molecular flexibility index (Phi) is 3.26. The molecule has 17 heavy (non-hydrogen) atoms. The lowest BCUT2D eigenvalue weighted by Crippen LogP contribution is -2.41. The van der Waals surface area contributed by atoms with E-state index in [2.05, 4.69) is 13.8 Å². The highest BCUT2D eigenvalue weighted by atomic mass is 19.1. The third-order valence-electron chi connectivity index (χ3n) is 4.48. The van der Waals surface area contributed by atoms with Crippen LogP contribution in [-0.4, -0.2) is 5.11 Å².